The Morgan fingerprint density at radius 1 is 1.25 bits per heavy atom. The minimum Gasteiger partial charge on any atom is -0.483 e. The third kappa shape index (κ3) is 4.58. The van der Waals surface area contributed by atoms with Crippen LogP contribution in [0, 0.1) is 6.92 Å². The molecule has 10 heteroatoms. The molecule has 1 amide bonds. The summed E-state index contributed by atoms with van der Waals surface area (Å²) in [4.78, 5) is 22.6. The van der Waals surface area contributed by atoms with Crippen LogP contribution >= 0.6 is 0 Å². The third-order valence-electron chi connectivity index (χ3n) is 5.41. The first-order chi connectivity index (χ1) is 14.9. The van der Waals surface area contributed by atoms with E-state index < -0.39 is 29.6 Å². The summed E-state index contributed by atoms with van der Waals surface area (Å²) in [5, 5.41) is 10.9. The molecule has 0 radical (unpaired) electrons. The third-order valence-corrected chi connectivity index (χ3v) is 5.41. The van der Waals surface area contributed by atoms with E-state index >= 15 is 0 Å². The SMILES string of the molecule is Cc1cccc(-n2nc(C(F)(F)F)c3c2CC2CCC3N2C(=O)OC(C)(C)C)c1.O=CO. The van der Waals surface area contributed by atoms with Gasteiger partial charge in [0.25, 0.3) is 6.47 Å². The van der Waals surface area contributed by atoms with Crippen molar-refractivity contribution in [1.29, 1.82) is 0 Å². The molecule has 0 aliphatic carbocycles. The molecule has 7 nitrogen and oxygen atoms in total. The lowest BCUT2D eigenvalue weighted by molar-refractivity contribution is -0.142. The molecule has 0 spiro atoms. The molecule has 2 aliphatic rings. The average molecular weight is 453 g/mol. The molecule has 2 unspecified atom stereocenters. The summed E-state index contributed by atoms with van der Waals surface area (Å²) in [6.07, 6.45) is -3.73. The maximum absolute atomic E-state index is 13.9. The Morgan fingerprint density at radius 2 is 1.91 bits per heavy atom. The first-order valence-corrected chi connectivity index (χ1v) is 10.2. The van der Waals surface area contributed by atoms with Crippen molar-refractivity contribution >= 4 is 12.6 Å². The summed E-state index contributed by atoms with van der Waals surface area (Å²) < 4.78 is 48.6. The minimum absolute atomic E-state index is 0.110. The number of ether oxygens (including phenoxy) is 1. The Bertz CT molecular complexity index is 1010. The van der Waals surface area contributed by atoms with Gasteiger partial charge < -0.3 is 9.84 Å². The summed E-state index contributed by atoms with van der Waals surface area (Å²) in [6.45, 7) is 6.88. The van der Waals surface area contributed by atoms with Crippen molar-refractivity contribution in [2.45, 2.75) is 70.8 Å². The van der Waals surface area contributed by atoms with E-state index in [0.717, 1.165) is 5.56 Å². The Labute approximate surface area is 183 Å². The van der Waals surface area contributed by atoms with Crippen LogP contribution in [0.3, 0.4) is 0 Å². The van der Waals surface area contributed by atoms with Gasteiger partial charge in [-0.05, 0) is 58.2 Å². The Balaban J connectivity index is 0.000000913. The van der Waals surface area contributed by atoms with Crippen LogP contribution in [0.25, 0.3) is 5.69 Å². The van der Waals surface area contributed by atoms with Crippen molar-refractivity contribution in [2.24, 2.45) is 0 Å². The molecular weight excluding hydrogens is 427 g/mol. The second kappa shape index (κ2) is 8.48. The molecule has 1 saturated heterocycles. The molecule has 1 fully saturated rings. The van der Waals surface area contributed by atoms with Crippen molar-refractivity contribution in [3.8, 4) is 5.69 Å². The van der Waals surface area contributed by atoms with Crippen LogP contribution in [0.15, 0.2) is 24.3 Å². The van der Waals surface area contributed by atoms with Crippen LogP contribution < -0.4 is 0 Å². The molecule has 174 valence electrons. The quantitative estimate of drug-likeness (QED) is 0.621. The highest BCUT2D eigenvalue weighted by molar-refractivity contribution is 5.71. The second-order valence-corrected chi connectivity index (χ2v) is 8.90. The Kier molecular flexibility index (Phi) is 6.26. The molecule has 2 aliphatic heterocycles. The van der Waals surface area contributed by atoms with E-state index in [-0.39, 0.29) is 18.1 Å². The van der Waals surface area contributed by atoms with Crippen LogP contribution in [-0.4, -0.2) is 44.0 Å². The van der Waals surface area contributed by atoms with Gasteiger partial charge in [0.15, 0.2) is 5.69 Å². The predicted molar refractivity (Wildman–Crippen MR) is 110 cm³/mol. The number of carboxylic acid groups (broad SMARTS) is 1. The lowest BCUT2D eigenvalue weighted by atomic mass is 9.97. The van der Waals surface area contributed by atoms with Gasteiger partial charge in [0, 0.05) is 18.0 Å². The first-order valence-electron chi connectivity index (χ1n) is 10.2. The molecule has 1 aromatic carbocycles. The average Bonchev–Trinajstić information content (AvgIpc) is 3.19. The minimum atomic E-state index is -4.60. The van der Waals surface area contributed by atoms with Crippen LogP contribution in [0.5, 0.6) is 0 Å². The molecular formula is C22H26F3N3O4. The zero-order valence-electron chi connectivity index (χ0n) is 18.3. The molecule has 3 heterocycles. The van der Waals surface area contributed by atoms with Gasteiger partial charge in [-0.25, -0.2) is 9.48 Å². The molecule has 2 atom stereocenters. The van der Waals surface area contributed by atoms with Crippen LogP contribution in [-0.2, 0) is 22.1 Å². The number of carbonyl (C=O) groups excluding carboxylic acids is 1. The number of alkyl halides is 3. The van der Waals surface area contributed by atoms with E-state index in [1.165, 1.54) is 9.58 Å². The van der Waals surface area contributed by atoms with Crippen molar-refractivity contribution in [2.75, 3.05) is 0 Å². The van der Waals surface area contributed by atoms with Crippen LogP contribution in [0.2, 0.25) is 0 Å². The highest BCUT2D eigenvalue weighted by Crippen LogP contribution is 2.49. The van der Waals surface area contributed by atoms with Gasteiger partial charge in [-0.15, -0.1) is 0 Å². The van der Waals surface area contributed by atoms with E-state index in [2.05, 4.69) is 5.10 Å². The van der Waals surface area contributed by atoms with E-state index in [1.807, 2.05) is 19.1 Å². The van der Waals surface area contributed by atoms with Gasteiger partial charge in [-0.2, -0.15) is 18.3 Å². The highest BCUT2D eigenvalue weighted by Gasteiger charge is 2.51. The molecule has 1 N–H and O–H groups in total. The van der Waals surface area contributed by atoms with Gasteiger partial charge in [-0.3, -0.25) is 9.69 Å². The monoisotopic (exact) mass is 453 g/mol. The second-order valence-electron chi connectivity index (χ2n) is 8.90. The summed E-state index contributed by atoms with van der Waals surface area (Å²) in [5.41, 5.74) is 0.563. The van der Waals surface area contributed by atoms with Crippen molar-refractivity contribution < 1.29 is 32.6 Å². The maximum Gasteiger partial charge on any atom is 0.435 e. The van der Waals surface area contributed by atoms with Crippen LogP contribution in [0.1, 0.15) is 62.2 Å². The summed E-state index contributed by atoms with van der Waals surface area (Å²) in [5.74, 6) is 0. The smallest absolute Gasteiger partial charge is 0.435 e. The van der Waals surface area contributed by atoms with E-state index in [9.17, 15) is 18.0 Å². The lowest BCUT2D eigenvalue weighted by Crippen LogP contribution is -2.45. The number of amides is 1. The largest absolute Gasteiger partial charge is 0.483 e. The summed E-state index contributed by atoms with van der Waals surface area (Å²) in [6, 6.07) is 6.39. The number of halogens is 3. The predicted octanol–water partition coefficient (Wildman–Crippen LogP) is 4.90. The number of benzene rings is 1. The molecule has 32 heavy (non-hydrogen) atoms. The van der Waals surface area contributed by atoms with Crippen molar-refractivity contribution in [3.63, 3.8) is 0 Å². The number of aryl methyl sites for hydroxylation is 1. The van der Waals surface area contributed by atoms with Crippen molar-refractivity contribution in [3.05, 3.63) is 46.8 Å². The number of aromatic nitrogens is 2. The maximum atomic E-state index is 13.9. The zero-order chi connectivity index (χ0) is 23.8. The number of rotatable bonds is 1. The first kappa shape index (κ1) is 23.6. The van der Waals surface area contributed by atoms with Crippen LogP contribution in [0.4, 0.5) is 18.0 Å². The summed E-state index contributed by atoms with van der Waals surface area (Å²) >= 11 is 0. The molecule has 1 aromatic heterocycles. The number of hydrogen-bond donors (Lipinski definition) is 1. The van der Waals surface area contributed by atoms with Gasteiger partial charge in [-0.1, -0.05) is 12.1 Å². The van der Waals surface area contributed by atoms with E-state index in [0.29, 0.717) is 30.6 Å². The number of carbonyl (C=O) groups is 2. The standard InChI is InChI=1S/C21H24F3N3O2.CH2O2/c1-12-6-5-7-14(10-12)27-16-11-13-8-9-15(17(16)18(25-27)21(22,23)24)26(13)19(28)29-20(2,3)4;2-1-3/h5-7,10,13,15H,8-9,11H2,1-4H3;1H,(H,2,3). The number of fused-ring (bicyclic) bond motifs is 4. The normalized spacial score (nSPS) is 19.7. The van der Waals surface area contributed by atoms with E-state index in [4.69, 9.17) is 14.6 Å². The Hall–Kier alpha value is -3.04. The number of nitrogens with zero attached hydrogens (tertiary/aromatic N) is 3. The van der Waals surface area contributed by atoms with Gasteiger partial charge in [0.1, 0.15) is 5.60 Å². The fourth-order valence-corrected chi connectivity index (χ4v) is 4.38. The summed E-state index contributed by atoms with van der Waals surface area (Å²) in [7, 11) is 0. The fourth-order valence-electron chi connectivity index (χ4n) is 4.38. The van der Waals surface area contributed by atoms with Crippen molar-refractivity contribution in [1.82, 2.24) is 14.7 Å². The topological polar surface area (TPSA) is 84.7 Å². The van der Waals surface area contributed by atoms with Gasteiger partial charge in [0.2, 0.25) is 0 Å². The zero-order valence-corrected chi connectivity index (χ0v) is 18.3. The van der Waals surface area contributed by atoms with Gasteiger partial charge in [0.05, 0.1) is 17.4 Å². The number of hydrogen-bond acceptors (Lipinski definition) is 4. The molecule has 2 bridgehead atoms. The molecule has 2 aromatic rings. The lowest BCUT2D eigenvalue weighted by Gasteiger charge is -2.36. The van der Waals surface area contributed by atoms with E-state index in [1.54, 1.807) is 32.9 Å². The Morgan fingerprint density at radius 3 is 2.47 bits per heavy atom. The molecule has 0 saturated carbocycles. The molecule has 4 rings (SSSR count). The fraction of sp³-hybridized carbons (Fsp3) is 0.500. The van der Waals surface area contributed by atoms with Gasteiger partial charge >= 0.3 is 12.3 Å². The highest BCUT2D eigenvalue weighted by atomic mass is 19.4.